The lowest BCUT2D eigenvalue weighted by Crippen LogP contribution is -2.31. The van der Waals surface area contributed by atoms with E-state index in [1.165, 1.54) is 0 Å². The molecule has 51 heavy (non-hydrogen) atoms. The molecule has 0 atom stereocenters. The lowest BCUT2D eigenvalue weighted by molar-refractivity contribution is -0.578. The van der Waals surface area contributed by atoms with Gasteiger partial charge in [-0.2, -0.15) is 4.57 Å². The van der Waals surface area contributed by atoms with Crippen LogP contribution in [0.1, 0.15) is 0 Å². The second-order valence-electron chi connectivity index (χ2n) is 12.5. The maximum atomic E-state index is 6.31. The number of pyridine rings is 2. The summed E-state index contributed by atoms with van der Waals surface area (Å²) in [5, 5.41) is 5.38. The lowest BCUT2D eigenvalue weighted by atomic mass is 9.92. The Morgan fingerprint density at radius 3 is 1.71 bits per heavy atom. The van der Waals surface area contributed by atoms with Gasteiger partial charge in [0.2, 0.25) is 0 Å². The van der Waals surface area contributed by atoms with Crippen molar-refractivity contribution in [2.45, 2.75) is 0 Å². The minimum atomic E-state index is 0.631. The van der Waals surface area contributed by atoms with Gasteiger partial charge in [-0.15, -0.1) is 0 Å². The second-order valence-corrected chi connectivity index (χ2v) is 12.5. The molecule has 0 saturated carbocycles. The molecular weight excluding hydrogens is 627 g/mol. The van der Waals surface area contributed by atoms with Crippen LogP contribution in [0.25, 0.3) is 94.9 Å². The Kier molecular flexibility index (Phi) is 6.70. The SMILES string of the molecule is c1ccc(-c2nc(-c3ccccc3)nc(-c3ccc(-c4cccc5nc(-[n+]6cccc7c8ccccc8oc76)ccc45)c4ccccc34)n2)cc1. The summed E-state index contributed by atoms with van der Waals surface area (Å²) in [6.45, 7) is 0. The van der Waals surface area contributed by atoms with Crippen LogP contribution in [0.3, 0.4) is 0 Å². The molecule has 0 spiro atoms. The first-order chi connectivity index (χ1) is 25.3. The summed E-state index contributed by atoms with van der Waals surface area (Å²) in [7, 11) is 0. The van der Waals surface area contributed by atoms with Gasteiger partial charge in [-0.05, 0) is 63.3 Å². The Hall–Kier alpha value is -7.05. The molecule has 0 aliphatic carbocycles. The van der Waals surface area contributed by atoms with E-state index in [4.69, 9.17) is 24.4 Å². The quantitative estimate of drug-likeness (QED) is 0.173. The fraction of sp³-hybridized carbons (Fsp3) is 0. The average Bonchev–Trinajstić information content (AvgIpc) is 3.60. The maximum absolute atomic E-state index is 6.31. The molecule has 6 aromatic carbocycles. The molecule has 238 valence electrons. The van der Waals surface area contributed by atoms with Crippen molar-refractivity contribution in [3.63, 3.8) is 0 Å². The normalized spacial score (nSPS) is 11.5. The van der Waals surface area contributed by atoms with Crippen molar-refractivity contribution in [3.8, 4) is 51.1 Å². The molecule has 0 aliphatic heterocycles. The Labute approximate surface area is 293 Å². The smallest absolute Gasteiger partial charge is 0.331 e. The molecule has 0 fully saturated rings. The molecular formula is C45H28N5O+. The fourth-order valence-corrected chi connectivity index (χ4v) is 7.04. The number of hydrogen-bond donors (Lipinski definition) is 0. The van der Waals surface area contributed by atoms with Crippen molar-refractivity contribution >= 4 is 43.7 Å². The Bertz CT molecular complexity index is 2860. The first kappa shape index (κ1) is 28.9. The first-order valence-electron chi connectivity index (χ1n) is 16.9. The van der Waals surface area contributed by atoms with E-state index >= 15 is 0 Å². The zero-order chi connectivity index (χ0) is 33.7. The van der Waals surface area contributed by atoms with E-state index in [-0.39, 0.29) is 0 Å². The van der Waals surface area contributed by atoms with Gasteiger partial charge in [-0.25, -0.2) is 15.0 Å². The molecule has 10 rings (SSSR count). The highest BCUT2D eigenvalue weighted by Crippen LogP contribution is 2.38. The highest BCUT2D eigenvalue weighted by atomic mass is 16.3. The monoisotopic (exact) mass is 654 g/mol. The zero-order valence-corrected chi connectivity index (χ0v) is 27.3. The van der Waals surface area contributed by atoms with Gasteiger partial charge in [-0.1, -0.05) is 121 Å². The van der Waals surface area contributed by atoms with E-state index in [1.807, 2.05) is 95.7 Å². The summed E-state index contributed by atoms with van der Waals surface area (Å²) >= 11 is 0. The number of para-hydroxylation sites is 1. The standard InChI is InChI=1S/C45H28N5O/c1-3-13-29(14-4-1)42-47-43(30-15-5-2-6-16-30)49-44(48-42)37-25-24-34(31-17-7-8-18-33(31)37)32-20-11-22-39-35(32)26-27-41(46-39)50-28-12-21-38-36-19-9-10-23-40(36)51-45(38)50/h1-28H/q+1. The average molecular weight is 655 g/mol. The molecule has 0 saturated heterocycles. The van der Waals surface area contributed by atoms with Gasteiger partial charge in [0.05, 0.1) is 11.6 Å². The van der Waals surface area contributed by atoms with Crippen molar-refractivity contribution in [2.24, 2.45) is 0 Å². The van der Waals surface area contributed by atoms with Crippen molar-refractivity contribution in [2.75, 3.05) is 0 Å². The molecule has 0 bridgehead atoms. The summed E-state index contributed by atoms with van der Waals surface area (Å²) in [6, 6.07) is 55.7. The van der Waals surface area contributed by atoms with E-state index in [1.54, 1.807) is 0 Å². The van der Waals surface area contributed by atoms with Crippen LogP contribution in [0, 0.1) is 0 Å². The van der Waals surface area contributed by atoms with Crippen LogP contribution < -0.4 is 4.57 Å². The Balaban J connectivity index is 1.12. The van der Waals surface area contributed by atoms with Gasteiger partial charge in [0.15, 0.2) is 23.0 Å². The molecule has 10 aromatic rings. The van der Waals surface area contributed by atoms with Gasteiger partial charge in [-0.3, -0.25) is 0 Å². The summed E-state index contributed by atoms with van der Waals surface area (Å²) in [5.74, 6) is 2.70. The molecule has 4 aromatic heterocycles. The highest BCUT2D eigenvalue weighted by Gasteiger charge is 2.21. The van der Waals surface area contributed by atoms with Crippen molar-refractivity contribution < 1.29 is 8.98 Å². The summed E-state index contributed by atoms with van der Waals surface area (Å²) in [6.07, 6.45) is 2.00. The topological polar surface area (TPSA) is 68.6 Å². The van der Waals surface area contributed by atoms with Crippen LogP contribution in [-0.2, 0) is 0 Å². The van der Waals surface area contributed by atoms with Crippen LogP contribution in [0.5, 0.6) is 0 Å². The first-order valence-corrected chi connectivity index (χ1v) is 16.9. The molecule has 0 N–H and O–H groups in total. The van der Waals surface area contributed by atoms with Crippen molar-refractivity contribution in [1.29, 1.82) is 0 Å². The minimum Gasteiger partial charge on any atom is -0.422 e. The van der Waals surface area contributed by atoms with Crippen LogP contribution in [-0.4, -0.2) is 19.9 Å². The van der Waals surface area contributed by atoms with Gasteiger partial charge in [0, 0.05) is 33.5 Å². The lowest BCUT2D eigenvalue weighted by Gasteiger charge is -2.14. The van der Waals surface area contributed by atoms with Crippen LogP contribution in [0.15, 0.2) is 174 Å². The van der Waals surface area contributed by atoms with Gasteiger partial charge < -0.3 is 4.42 Å². The Morgan fingerprint density at radius 2 is 0.961 bits per heavy atom. The van der Waals surface area contributed by atoms with E-state index in [0.717, 1.165) is 77.4 Å². The minimum absolute atomic E-state index is 0.631. The molecule has 6 heteroatoms. The number of aromatic nitrogens is 5. The van der Waals surface area contributed by atoms with E-state index in [0.29, 0.717) is 17.5 Å². The molecule has 0 unspecified atom stereocenters. The summed E-state index contributed by atoms with van der Waals surface area (Å²) in [4.78, 5) is 20.1. The molecule has 6 nitrogen and oxygen atoms in total. The van der Waals surface area contributed by atoms with Crippen molar-refractivity contribution in [1.82, 2.24) is 19.9 Å². The summed E-state index contributed by atoms with van der Waals surface area (Å²) < 4.78 is 8.33. The third-order valence-electron chi connectivity index (χ3n) is 9.45. The maximum Gasteiger partial charge on any atom is 0.331 e. The van der Waals surface area contributed by atoms with Gasteiger partial charge in [0.25, 0.3) is 0 Å². The molecule has 0 aliphatic rings. The number of hydrogen-bond acceptors (Lipinski definition) is 5. The van der Waals surface area contributed by atoms with Crippen LogP contribution in [0.2, 0.25) is 0 Å². The predicted molar refractivity (Wildman–Crippen MR) is 203 cm³/mol. The highest BCUT2D eigenvalue weighted by molar-refractivity contribution is 6.09. The number of nitrogens with zero attached hydrogens (tertiary/aromatic N) is 5. The fourth-order valence-electron chi connectivity index (χ4n) is 7.04. The molecule has 4 heterocycles. The third-order valence-corrected chi connectivity index (χ3v) is 9.45. The molecule has 0 amide bonds. The van der Waals surface area contributed by atoms with Gasteiger partial charge >= 0.3 is 11.5 Å². The van der Waals surface area contributed by atoms with E-state index in [9.17, 15) is 0 Å². The van der Waals surface area contributed by atoms with Crippen LogP contribution >= 0.6 is 0 Å². The molecule has 0 radical (unpaired) electrons. The second kappa shape index (κ2) is 11.8. The summed E-state index contributed by atoms with van der Waals surface area (Å²) in [5.41, 5.74) is 7.57. The number of benzene rings is 6. The van der Waals surface area contributed by atoms with E-state index < -0.39 is 0 Å². The number of rotatable bonds is 5. The third kappa shape index (κ3) is 4.92. The van der Waals surface area contributed by atoms with E-state index in [2.05, 4.69) is 78.9 Å². The zero-order valence-electron chi connectivity index (χ0n) is 27.3. The predicted octanol–water partition coefficient (Wildman–Crippen LogP) is 10.4. The Morgan fingerprint density at radius 1 is 0.373 bits per heavy atom. The largest absolute Gasteiger partial charge is 0.422 e. The van der Waals surface area contributed by atoms with Crippen LogP contribution in [0.4, 0.5) is 0 Å². The van der Waals surface area contributed by atoms with Crippen molar-refractivity contribution in [3.05, 3.63) is 170 Å². The number of fused-ring (bicyclic) bond motifs is 5. The van der Waals surface area contributed by atoms with Gasteiger partial charge in [0.1, 0.15) is 5.58 Å². The number of furan rings is 1.